The van der Waals surface area contributed by atoms with E-state index in [4.69, 9.17) is 47.6 Å². The van der Waals surface area contributed by atoms with E-state index in [9.17, 15) is 0 Å². The van der Waals surface area contributed by atoms with E-state index < -0.39 is 0 Å². The zero-order chi connectivity index (χ0) is 82.0. The summed E-state index contributed by atoms with van der Waals surface area (Å²) in [6.45, 7) is 0. The third-order valence-corrected chi connectivity index (χ3v) is 23.5. The fourth-order valence-electron chi connectivity index (χ4n) is 17.3. The summed E-state index contributed by atoms with van der Waals surface area (Å²) in [5, 5.41) is 8.60. The van der Waals surface area contributed by atoms with Crippen molar-refractivity contribution in [1.29, 1.82) is 0 Å². The number of rotatable bonds is 14. The van der Waals surface area contributed by atoms with Crippen molar-refractivity contribution in [2.24, 2.45) is 0 Å². The van der Waals surface area contributed by atoms with E-state index in [0.717, 1.165) is 188 Å². The van der Waals surface area contributed by atoms with Crippen LogP contribution in [0.5, 0.6) is 0 Å². The first kappa shape index (κ1) is 72.4. The molecule has 10 heteroatoms. The molecule has 0 aliphatic carbocycles. The summed E-state index contributed by atoms with van der Waals surface area (Å²) >= 11 is 0. The van der Waals surface area contributed by atoms with E-state index in [2.05, 4.69) is 303 Å². The van der Waals surface area contributed by atoms with Crippen molar-refractivity contribution < 1.29 is 17.7 Å². The smallest absolute Gasteiger partial charge is 0.164 e. The second kappa shape index (κ2) is 30.8. The highest BCUT2D eigenvalue weighted by Crippen LogP contribution is 2.45. The van der Waals surface area contributed by atoms with Crippen molar-refractivity contribution in [2.45, 2.75) is 0 Å². The van der Waals surface area contributed by atoms with Gasteiger partial charge in [0.05, 0.1) is 0 Å². The van der Waals surface area contributed by atoms with Crippen LogP contribution in [0, 0.1) is 0 Å². The molecule has 6 aromatic heterocycles. The van der Waals surface area contributed by atoms with Gasteiger partial charge in [0.25, 0.3) is 0 Å². The van der Waals surface area contributed by atoms with Crippen LogP contribution in [0.4, 0.5) is 0 Å². The molecule has 0 amide bonds. The summed E-state index contributed by atoms with van der Waals surface area (Å²) < 4.78 is 25.7. The Morgan fingerprint density at radius 3 is 0.734 bits per heavy atom. The normalized spacial score (nSPS) is 11.5. The number of furan rings is 4. The predicted molar refractivity (Wildman–Crippen MR) is 505 cm³/mol. The number of nitrogens with zero attached hydrogens (tertiary/aromatic N) is 6. The van der Waals surface area contributed by atoms with Crippen LogP contribution in [-0.4, -0.2) is 29.9 Å². The largest absolute Gasteiger partial charge is 0.456 e. The molecule has 580 valence electrons. The molecule has 124 heavy (non-hydrogen) atoms. The Bertz CT molecular complexity index is 7960. The van der Waals surface area contributed by atoms with E-state index in [1.165, 1.54) is 22.3 Å². The minimum absolute atomic E-state index is 0.558. The maximum absolute atomic E-state index is 6.61. The summed E-state index contributed by atoms with van der Waals surface area (Å²) in [4.78, 5) is 31.2. The van der Waals surface area contributed by atoms with E-state index in [-0.39, 0.29) is 0 Å². The highest BCUT2D eigenvalue weighted by atomic mass is 16.3. The van der Waals surface area contributed by atoms with Crippen LogP contribution in [0.1, 0.15) is 0 Å². The topological polar surface area (TPSA) is 130 Å². The van der Waals surface area contributed by atoms with Gasteiger partial charge in [0.2, 0.25) is 0 Å². The quantitative estimate of drug-likeness (QED) is 0.104. The first-order valence-electron chi connectivity index (χ1n) is 41.5. The Hall–Kier alpha value is -16.8. The molecule has 0 fully saturated rings. The lowest BCUT2D eigenvalue weighted by atomic mass is 9.94. The van der Waals surface area contributed by atoms with Crippen LogP contribution in [0.15, 0.2) is 442 Å². The van der Waals surface area contributed by atoms with Crippen molar-refractivity contribution in [3.8, 4) is 157 Å². The van der Waals surface area contributed by atoms with Crippen molar-refractivity contribution in [1.82, 2.24) is 29.9 Å². The van der Waals surface area contributed by atoms with Gasteiger partial charge in [0.1, 0.15) is 44.7 Å². The summed E-state index contributed by atoms with van der Waals surface area (Å²) in [7, 11) is 0. The lowest BCUT2D eigenvalue weighted by Gasteiger charge is -2.13. The van der Waals surface area contributed by atoms with Crippen LogP contribution < -0.4 is 0 Å². The summed E-state index contributed by atoms with van der Waals surface area (Å²) in [5.74, 6) is 3.52. The molecule has 0 atom stereocenters. The molecular formula is C114H70N6O4. The second-order valence-electron chi connectivity index (χ2n) is 31.2. The average molecular weight is 1590 g/mol. The molecule has 0 aliphatic heterocycles. The van der Waals surface area contributed by atoms with Gasteiger partial charge in [-0.1, -0.05) is 328 Å². The number of fused-ring (bicyclic) bond motifs is 12. The van der Waals surface area contributed by atoms with Gasteiger partial charge in [-0.25, -0.2) is 29.9 Å². The van der Waals surface area contributed by atoms with E-state index in [1.807, 2.05) is 121 Å². The third-order valence-electron chi connectivity index (χ3n) is 23.5. The van der Waals surface area contributed by atoms with E-state index in [0.29, 0.717) is 34.9 Å². The molecule has 0 unspecified atom stereocenters. The van der Waals surface area contributed by atoms with Gasteiger partial charge in [-0.15, -0.1) is 0 Å². The molecule has 10 nitrogen and oxygen atoms in total. The molecule has 0 saturated heterocycles. The van der Waals surface area contributed by atoms with Crippen molar-refractivity contribution >= 4 is 87.8 Å². The summed E-state index contributed by atoms with van der Waals surface area (Å²) in [5.41, 5.74) is 29.3. The van der Waals surface area contributed by atoms with Crippen LogP contribution in [0.25, 0.3) is 245 Å². The Morgan fingerprint density at radius 2 is 0.347 bits per heavy atom. The van der Waals surface area contributed by atoms with Gasteiger partial charge in [0.15, 0.2) is 34.9 Å². The van der Waals surface area contributed by atoms with Crippen LogP contribution in [0.3, 0.4) is 0 Å². The Labute approximate surface area is 712 Å². The van der Waals surface area contributed by atoms with Crippen molar-refractivity contribution in [2.75, 3.05) is 0 Å². The fourth-order valence-corrected chi connectivity index (χ4v) is 17.3. The van der Waals surface area contributed by atoms with Gasteiger partial charge < -0.3 is 17.7 Å². The molecule has 24 rings (SSSR count). The van der Waals surface area contributed by atoms with Crippen molar-refractivity contribution in [3.05, 3.63) is 425 Å². The van der Waals surface area contributed by atoms with Crippen LogP contribution >= 0.6 is 0 Å². The molecule has 0 radical (unpaired) electrons. The molecule has 0 spiro atoms. The van der Waals surface area contributed by atoms with Gasteiger partial charge in [-0.05, 0) is 175 Å². The predicted octanol–water partition coefficient (Wildman–Crippen LogP) is 30.7. The maximum Gasteiger partial charge on any atom is 0.164 e. The van der Waals surface area contributed by atoms with E-state index >= 15 is 0 Å². The SMILES string of the molecule is c1ccc(-c2ccc(-c3cccc(-c4nc(-c5ccccc5)nc(-c5cc(-c6ccc7oc8ccccc8c7c6)cc(-c6ccc7oc8ccccc8c7c6)c5)n4)c3)cc2)cc1.c1ccc(-c2ccc(-c3cccc(-c4nc(-c5ccccc5)nc(-c5cc(-c6cccc7c6oc6ccccc67)cc(-c6cccc7c6oc6ccccc67)c5)n4)c3)cc2)cc1. The Morgan fingerprint density at radius 1 is 0.121 bits per heavy atom. The average Bonchev–Trinajstić information content (AvgIpc) is 1.65. The molecule has 24 aromatic rings. The van der Waals surface area contributed by atoms with Crippen molar-refractivity contribution in [3.63, 3.8) is 0 Å². The number of aromatic nitrogens is 6. The summed E-state index contributed by atoms with van der Waals surface area (Å²) in [6, 6.07) is 147. The first-order valence-corrected chi connectivity index (χ1v) is 41.5. The minimum Gasteiger partial charge on any atom is -0.456 e. The minimum atomic E-state index is 0.558. The van der Waals surface area contributed by atoms with Gasteiger partial charge in [-0.3, -0.25) is 0 Å². The van der Waals surface area contributed by atoms with Gasteiger partial charge in [0, 0.05) is 87.6 Å². The molecule has 18 aromatic carbocycles. The number of para-hydroxylation sites is 6. The van der Waals surface area contributed by atoms with E-state index in [1.54, 1.807) is 0 Å². The number of hydrogen-bond donors (Lipinski definition) is 0. The second-order valence-corrected chi connectivity index (χ2v) is 31.2. The van der Waals surface area contributed by atoms with Gasteiger partial charge >= 0.3 is 0 Å². The third kappa shape index (κ3) is 13.7. The monoisotopic (exact) mass is 1590 g/mol. The molecule has 6 heterocycles. The highest BCUT2D eigenvalue weighted by molar-refractivity contribution is 6.13. The molecule has 0 saturated carbocycles. The molecular weight excluding hydrogens is 1520 g/mol. The van der Waals surface area contributed by atoms with Crippen LogP contribution in [-0.2, 0) is 0 Å². The van der Waals surface area contributed by atoms with Gasteiger partial charge in [-0.2, -0.15) is 0 Å². The zero-order valence-corrected chi connectivity index (χ0v) is 66.7. The fraction of sp³-hybridized carbons (Fsp3) is 0. The maximum atomic E-state index is 6.61. The van der Waals surface area contributed by atoms with Crippen LogP contribution in [0.2, 0.25) is 0 Å². The first-order chi connectivity index (χ1) is 61.4. The molecule has 0 bridgehead atoms. The number of hydrogen-bond acceptors (Lipinski definition) is 10. The number of benzene rings is 18. The zero-order valence-electron chi connectivity index (χ0n) is 66.7. The lowest BCUT2D eigenvalue weighted by Crippen LogP contribution is -2.01. The highest BCUT2D eigenvalue weighted by Gasteiger charge is 2.23. The summed E-state index contributed by atoms with van der Waals surface area (Å²) in [6.07, 6.45) is 0. The Balaban J connectivity index is 0.000000143. The standard InChI is InChI=1S/2C57H35N3O2/c1-3-14-36(15-4-1)37-28-30-38(31-29-37)40-18-11-19-41(32-40)56-58-55(39-16-5-2-6-17-39)59-57(60-56)44-34-42(45-22-12-24-49-47-20-7-9-26-51(47)61-53(45)49)33-43(35-44)46-23-13-25-50-48-21-8-10-27-52(48)62-54(46)50;1-3-12-36(13-4-1)37-22-24-38(25-23-37)40-16-11-17-43(30-40)56-58-55(39-14-5-2-6-15-39)59-57(60-56)46-32-44(41-26-28-53-49(34-41)47-18-7-9-20-51(47)61-53)31-45(33-46)42-27-29-54-50(35-42)48-19-8-10-21-52(48)62-54/h2*1-35H. The molecule has 0 N–H and O–H groups in total. The Kier molecular flexibility index (Phi) is 18.0. The molecule has 0 aliphatic rings. The lowest BCUT2D eigenvalue weighted by molar-refractivity contribution is 0.668.